The van der Waals surface area contributed by atoms with E-state index in [1.807, 2.05) is 6.92 Å². The van der Waals surface area contributed by atoms with Crippen molar-refractivity contribution in [1.29, 1.82) is 0 Å². The molecule has 16 heavy (non-hydrogen) atoms. The highest BCUT2D eigenvalue weighted by Crippen LogP contribution is 2.09. The van der Waals surface area contributed by atoms with Gasteiger partial charge in [0.2, 0.25) is 0 Å². The molecule has 0 saturated heterocycles. The molecule has 0 radical (unpaired) electrons. The molecule has 0 unspecified atom stereocenters. The third kappa shape index (κ3) is 5.22. The Morgan fingerprint density at radius 3 is 2.25 bits per heavy atom. The number of hydrogen-bond donors (Lipinski definition) is 0. The zero-order chi connectivity index (χ0) is 12.4. The Hall–Kier alpha value is -0.953. The quantitative estimate of drug-likeness (QED) is 0.294. The van der Waals surface area contributed by atoms with Gasteiger partial charge >= 0.3 is 14.8 Å². The van der Waals surface area contributed by atoms with E-state index in [4.69, 9.17) is 18.0 Å². The first-order valence-corrected chi connectivity index (χ1v) is 6.62. The van der Waals surface area contributed by atoms with Crippen molar-refractivity contribution in [3.63, 3.8) is 0 Å². The molecule has 0 aromatic carbocycles. The van der Waals surface area contributed by atoms with Crippen LogP contribution < -0.4 is 0 Å². The van der Waals surface area contributed by atoms with Gasteiger partial charge in [0.1, 0.15) is 0 Å². The summed E-state index contributed by atoms with van der Waals surface area (Å²) in [5, 5.41) is 0. The molecule has 6 heteroatoms. The summed E-state index contributed by atoms with van der Waals surface area (Å²) < 4.78 is 20.4. The van der Waals surface area contributed by atoms with E-state index in [2.05, 4.69) is 0 Å². The van der Waals surface area contributed by atoms with Crippen LogP contribution >= 0.6 is 0 Å². The number of rotatable bonds is 7. The van der Waals surface area contributed by atoms with Gasteiger partial charge in [-0.25, -0.2) is 4.79 Å². The molecule has 0 spiro atoms. The van der Waals surface area contributed by atoms with Crippen LogP contribution in [0.15, 0.2) is 23.9 Å². The molecule has 0 aliphatic carbocycles. The lowest BCUT2D eigenvalue weighted by Crippen LogP contribution is -2.43. The summed E-state index contributed by atoms with van der Waals surface area (Å²) in [6.07, 6.45) is 4.67. The SMILES string of the molecule is CC=CC(=O)OCO[Si](C=CC)(OC)OC. The summed E-state index contributed by atoms with van der Waals surface area (Å²) in [7, 11) is 0.164. The van der Waals surface area contributed by atoms with Crippen LogP contribution in [0.3, 0.4) is 0 Å². The third-order valence-electron chi connectivity index (χ3n) is 1.70. The van der Waals surface area contributed by atoms with Crippen molar-refractivity contribution < 1.29 is 22.8 Å². The van der Waals surface area contributed by atoms with Crippen molar-refractivity contribution in [3.8, 4) is 0 Å². The van der Waals surface area contributed by atoms with Crippen LogP contribution in [0.2, 0.25) is 0 Å². The monoisotopic (exact) mass is 246 g/mol. The molecule has 5 nitrogen and oxygen atoms in total. The highest BCUT2D eigenvalue weighted by molar-refractivity contribution is 6.66. The van der Waals surface area contributed by atoms with Crippen LogP contribution in [0, 0.1) is 0 Å². The lowest BCUT2D eigenvalue weighted by Gasteiger charge is -2.22. The Balaban J connectivity index is 4.17. The molecule has 0 aliphatic heterocycles. The van der Waals surface area contributed by atoms with Crippen molar-refractivity contribution in [2.24, 2.45) is 0 Å². The zero-order valence-electron chi connectivity index (χ0n) is 10.1. The van der Waals surface area contributed by atoms with Gasteiger partial charge in [-0.3, -0.25) is 0 Å². The first-order chi connectivity index (χ1) is 7.64. The maximum absolute atomic E-state index is 11.0. The molecule has 92 valence electrons. The fraction of sp³-hybridized carbons (Fsp3) is 0.500. The Morgan fingerprint density at radius 1 is 1.19 bits per heavy atom. The average molecular weight is 246 g/mol. The van der Waals surface area contributed by atoms with Gasteiger partial charge in [-0.05, 0) is 19.5 Å². The molecule has 0 atom stereocenters. The first kappa shape index (κ1) is 15.0. The van der Waals surface area contributed by atoms with E-state index < -0.39 is 14.8 Å². The lowest BCUT2D eigenvalue weighted by molar-refractivity contribution is -0.146. The van der Waals surface area contributed by atoms with E-state index in [0.29, 0.717) is 0 Å². The Bertz CT molecular complexity index is 258. The summed E-state index contributed by atoms with van der Waals surface area (Å²) in [4.78, 5) is 11.0. The van der Waals surface area contributed by atoms with Gasteiger partial charge in [-0.2, -0.15) is 0 Å². The Labute approximate surface area is 97.0 Å². The molecule has 0 saturated carbocycles. The van der Waals surface area contributed by atoms with E-state index in [0.717, 1.165) is 0 Å². The van der Waals surface area contributed by atoms with E-state index >= 15 is 0 Å². The maximum atomic E-state index is 11.0. The van der Waals surface area contributed by atoms with Crippen LogP contribution in [-0.2, 0) is 22.8 Å². The van der Waals surface area contributed by atoms with Crippen LogP contribution in [0.5, 0.6) is 0 Å². The summed E-state index contributed by atoms with van der Waals surface area (Å²) in [6.45, 7) is 3.36. The standard InChI is InChI=1S/C10H18O5Si/c1-5-7-10(11)14-9-15-16(12-3,13-4)8-6-2/h5-8H,9H2,1-4H3. The van der Waals surface area contributed by atoms with Gasteiger partial charge in [0.15, 0.2) is 6.79 Å². The Kier molecular flexibility index (Phi) is 7.74. The first-order valence-electron chi connectivity index (χ1n) is 4.81. The van der Waals surface area contributed by atoms with Gasteiger partial charge in [0.25, 0.3) is 0 Å². The smallest absolute Gasteiger partial charge is 0.436 e. The van der Waals surface area contributed by atoms with E-state index in [-0.39, 0.29) is 6.79 Å². The van der Waals surface area contributed by atoms with Gasteiger partial charge in [0, 0.05) is 20.3 Å². The minimum atomic E-state index is -2.82. The normalized spacial score (nSPS) is 12.5. The van der Waals surface area contributed by atoms with Gasteiger partial charge in [-0.15, -0.1) is 0 Å². The largest absolute Gasteiger partial charge is 0.531 e. The van der Waals surface area contributed by atoms with Crippen LogP contribution in [-0.4, -0.2) is 35.8 Å². The molecule has 0 fully saturated rings. The fourth-order valence-corrected chi connectivity index (χ4v) is 2.35. The second-order valence-corrected chi connectivity index (χ2v) is 5.38. The molecule has 0 aromatic heterocycles. The number of esters is 1. The number of hydrogen-bond acceptors (Lipinski definition) is 5. The predicted molar refractivity (Wildman–Crippen MR) is 61.4 cm³/mol. The predicted octanol–water partition coefficient (Wildman–Crippen LogP) is 1.43. The van der Waals surface area contributed by atoms with Crippen LogP contribution in [0.1, 0.15) is 13.8 Å². The molecule has 0 heterocycles. The number of allylic oxidation sites excluding steroid dienone is 2. The van der Waals surface area contributed by atoms with Crippen molar-refractivity contribution in [2.75, 3.05) is 21.0 Å². The van der Waals surface area contributed by atoms with Crippen LogP contribution in [0.25, 0.3) is 0 Å². The molecule has 0 rings (SSSR count). The summed E-state index contributed by atoms with van der Waals surface area (Å²) in [5.74, 6) is -0.460. The van der Waals surface area contributed by atoms with Gasteiger partial charge < -0.3 is 18.0 Å². The van der Waals surface area contributed by atoms with E-state index in [1.54, 1.807) is 24.8 Å². The minimum Gasteiger partial charge on any atom is -0.436 e. The zero-order valence-corrected chi connectivity index (χ0v) is 11.1. The molecule has 0 amide bonds. The van der Waals surface area contributed by atoms with E-state index in [9.17, 15) is 4.79 Å². The third-order valence-corrected chi connectivity index (χ3v) is 4.10. The van der Waals surface area contributed by atoms with E-state index in [1.165, 1.54) is 20.3 Å². The lowest BCUT2D eigenvalue weighted by atomic mass is 10.5. The number of carbonyl (C=O) groups is 1. The highest BCUT2D eigenvalue weighted by atomic mass is 28.4. The highest BCUT2D eigenvalue weighted by Gasteiger charge is 2.36. The fourth-order valence-electron chi connectivity index (χ4n) is 0.943. The minimum absolute atomic E-state index is 0.193. The topological polar surface area (TPSA) is 54.0 Å². The second kappa shape index (κ2) is 8.23. The molecular formula is C10H18O5Si. The summed E-state index contributed by atoms with van der Waals surface area (Å²) in [5.41, 5.74) is 1.70. The van der Waals surface area contributed by atoms with Gasteiger partial charge in [-0.1, -0.05) is 12.2 Å². The van der Waals surface area contributed by atoms with Crippen molar-refractivity contribution in [3.05, 3.63) is 23.9 Å². The van der Waals surface area contributed by atoms with Gasteiger partial charge in [0.05, 0.1) is 0 Å². The molecule has 0 N–H and O–H groups in total. The maximum Gasteiger partial charge on any atom is 0.531 e. The van der Waals surface area contributed by atoms with Crippen molar-refractivity contribution in [1.82, 2.24) is 0 Å². The Morgan fingerprint density at radius 2 is 1.81 bits per heavy atom. The van der Waals surface area contributed by atoms with Crippen molar-refractivity contribution in [2.45, 2.75) is 13.8 Å². The molecule has 0 bridgehead atoms. The summed E-state index contributed by atoms with van der Waals surface area (Å²) in [6, 6.07) is 0. The molecule has 0 aromatic rings. The number of carbonyl (C=O) groups excluding carboxylic acids is 1. The molecule has 0 aliphatic rings. The second-order valence-electron chi connectivity index (χ2n) is 2.74. The average Bonchev–Trinajstić information content (AvgIpc) is 2.28. The van der Waals surface area contributed by atoms with Crippen molar-refractivity contribution >= 4 is 14.8 Å². The molecular weight excluding hydrogens is 228 g/mol. The number of ether oxygens (including phenoxy) is 1. The summed E-state index contributed by atoms with van der Waals surface area (Å²) >= 11 is 0. The van der Waals surface area contributed by atoms with Crippen LogP contribution in [0.4, 0.5) is 0 Å².